The quantitative estimate of drug-likeness (QED) is 0.334. The standard InChI is InChI=1S/C27H43FN6O/c1-7-23(28)12-10-19(2)17-33-18-22(16-31-33)15-30-26(29-5)20(3)11-13-24-21(4)32(6)27(35)25-9-8-14-34(24)25/h10,12,16,18,20,25-27,30,35H,5,7-9,11,13-15,17H2,1-4,6H3/b19-10+,23-12+. The summed E-state index contributed by atoms with van der Waals surface area (Å²) in [6, 6.07) is 0.206. The lowest BCUT2D eigenvalue weighted by Crippen LogP contribution is -2.51. The second kappa shape index (κ2) is 12.5. The third kappa shape index (κ3) is 6.82. The smallest absolute Gasteiger partial charge is 0.147 e. The van der Waals surface area contributed by atoms with Crippen molar-refractivity contribution in [3.63, 3.8) is 0 Å². The Bertz CT molecular complexity index is 951. The van der Waals surface area contributed by atoms with Crippen LogP contribution in [0.25, 0.3) is 0 Å². The summed E-state index contributed by atoms with van der Waals surface area (Å²) in [5.41, 5.74) is 4.65. The zero-order valence-electron chi connectivity index (χ0n) is 22.0. The molecule has 7 nitrogen and oxygen atoms in total. The predicted octanol–water partition coefficient (Wildman–Crippen LogP) is 4.59. The number of aliphatic hydroxyl groups excluding tert-OH is 1. The zero-order chi connectivity index (χ0) is 25.5. The van der Waals surface area contributed by atoms with Gasteiger partial charge in [0.25, 0.3) is 0 Å². The third-order valence-electron chi connectivity index (χ3n) is 7.41. The van der Waals surface area contributed by atoms with E-state index in [0.29, 0.717) is 25.4 Å². The van der Waals surface area contributed by atoms with E-state index in [1.807, 2.05) is 42.0 Å². The number of hydrogen-bond donors (Lipinski definition) is 2. The molecule has 4 atom stereocenters. The van der Waals surface area contributed by atoms with E-state index in [9.17, 15) is 9.50 Å². The van der Waals surface area contributed by atoms with Crippen molar-refractivity contribution < 1.29 is 9.50 Å². The zero-order valence-corrected chi connectivity index (χ0v) is 22.0. The van der Waals surface area contributed by atoms with Crippen molar-refractivity contribution in [2.45, 2.75) is 91.3 Å². The number of allylic oxidation sites excluding steroid dienone is 6. The number of halogens is 1. The van der Waals surface area contributed by atoms with Gasteiger partial charge in [-0.1, -0.05) is 25.5 Å². The van der Waals surface area contributed by atoms with Gasteiger partial charge in [0.05, 0.1) is 24.6 Å². The topological polar surface area (TPSA) is 68.9 Å². The van der Waals surface area contributed by atoms with E-state index in [1.54, 1.807) is 6.92 Å². The first-order chi connectivity index (χ1) is 16.7. The van der Waals surface area contributed by atoms with Crippen molar-refractivity contribution >= 4 is 6.72 Å². The van der Waals surface area contributed by atoms with Crippen LogP contribution in [0, 0.1) is 5.92 Å². The molecule has 1 aromatic rings. The van der Waals surface area contributed by atoms with Gasteiger partial charge >= 0.3 is 0 Å². The lowest BCUT2D eigenvalue weighted by molar-refractivity contribution is -0.0311. The first-order valence-electron chi connectivity index (χ1n) is 12.8. The van der Waals surface area contributed by atoms with Gasteiger partial charge < -0.3 is 14.9 Å². The van der Waals surface area contributed by atoms with Crippen LogP contribution >= 0.6 is 0 Å². The van der Waals surface area contributed by atoms with Crippen LogP contribution < -0.4 is 5.32 Å². The Morgan fingerprint density at radius 1 is 1.43 bits per heavy atom. The highest BCUT2D eigenvalue weighted by molar-refractivity contribution is 5.24. The van der Waals surface area contributed by atoms with Crippen molar-refractivity contribution in [2.75, 3.05) is 13.6 Å². The summed E-state index contributed by atoms with van der Waals surface area (Å²) in [6.45, 7) is 14.2. The van der Waals surface area contributed by atoms with Gasteiger partial charge in [0.2, 0.25) is 0 Å². The van der Waals surface area contributed by atoms with Crippen molar-refractivity contribution in [3.05, 3.63) is 52.9 Å². The molecule has 0 radical (unpaired) electrons. The molecular formula is C27H43FN6O. The summed E-state index contributed by atoms with van der Waals surface area (Å²) in [4.78, 5) is 8.82. The van der Waals surface area contributed by atoms with Crippen LogP contribution in [0.1, 0.15) is 65.4 Å². The molecule has 0 aromatic carbocycles. The highest BCUT2D eigenvalue weighted by Crippen LogP contribution is 2.36. The highest BCUT2D eigenvalue weighted by Gasteiger charge is 2.39. The number of aromatic nitrogens is 2. The van der Waals surface area contributed by atoms with Crippen LogP contribution in [0.2, 0.25) is 0 Å². The van der Waals surface area contributed by atoms with Crippen LogP contribution in [-0.4, -0.2) is 63.4 Å². The molecule has 0 amide bonds. The lowest BCUT2D eigenvalue weighted by atomic mass is 9.97. The van der Waals surface area contributed by atoms with Gasteiger partial charge in [-0.15, -0.1) is 0 Å². The summed E-state index contributed by atoms with van der Waals surface area (Å²) in [5, 5.41) is 18.6. The fourth-order valence-corrected chi connectivity index (χ4v) is 5.06. The molecule has 1 fully saturated rings. The minimum atomic E-state index is -0.419. The molecule has 1 aromatic heterocycles. The molecular weight excluding hydrogens is 443 g/mol. The minimum Gasteiger partial charge on any atom is -0.371 e. The molecule has 3 heterocycles. The Morgan fingerprint density at radius 2 is 2.20 bits per heavy atom. The van der Waals surface area contributed by atoms with E-state index in [1.165, 1.54) is 17.5 Å². The molecule has 2 aliphatic heterocycles. The van der Waals surface area contributed by atoms with Crippen molar-refractivity contribution in [1.29, 1.82) is 0 Å². The Morgan fingerprint density at radius 3 is 2.91 bits per heavy atom. The molecule has 0 spiro atoms. The summed E-state index contributed by atoms with van der Waals surface area (Å²) < 4.78 is 15.2. The number of rotatable bonds is 12. The first-order valence-corrected chi connectivity index (χ1v) is 12.8. The van der Waals surface area contributed by atoms with E-state index in [4.69, 9.17) is 0 Å². The van der Waals surface area contributed by atoms with E-state index in [2.05, 4.69) is 40.9 Å². The van der Waals surface area contributed by atoms with Crippen molar-refractivity contribution in [2.24, 2.45) is 10.9 Å². The summed E-state index contributed by atoms with van der Waals surface area (Å²) in [5.74, 6) is 0.193. The monoisotopic (exact) mass is 486 g/mol. The maximum absolute atomic E-state index is 13.3. The maximum atomic E-state index is 13.3. The summed E-state index contributed by atoms with van der Waals surface area (Å²) >= 11 is 0. The van der Waals surface area contributed by atoms with Crippen molar-refractivity contribution in [1.82, 2.24) is 24.9 Å². The number of nitrogens with one attached hydrogen (secondary N) is 1. The SMILES string of the molecule is C=NC(NCc1cnn(C/C(C)=C/C=C(/F)CC)c1)C(C)CCC1=C(C)N(C)C(O)C2CCCN12. The number of hydrogen-bond acceptors (Lipinski definition) is 6. The Balaban J connectivity index is 1.52. The van der Waals surface area contributed by atoms with Gasteiger partial charge in [0, 0.05) is 43.3 Å². The van der Waals surface area contributed by atoms with E-state index < -0.39 is 6.23 Å². The van der Waals surface area contributed by atoms with Crippen LogP contribution in [-0.2, 0) is 13.1 Å². The van der Waals surface area contributed by atoms with Crippen LogP contribution in [0.15, 0.2) is 52.3 Å². The van der Waals surface area contributed by atoms with Crippen LogP contribution in [0.5, 0.6) is 0 Å². The second-order valence-corrected chi connectivity index (χ2v) is 10.0. The minimum absolute atomic E-state index is 0.0515. The molecule has 35 heavy (non-hydrogen) atoms. The van der Waals surface area contributed by atoms with E-state index in [-0.39, 0.29) is 18.0 Å². The lowest BCUT2D eigenvalue weighted by Gasteiger charge is -2.44. The molecule has 8 heteroatoms. The van der Waals surface area contributed by atoms with Crippen LogP contribution in [0.4, 0.5) is 4.39 Å². The maximum Gasteiger partial charge on any atom is 0.147 e. The fourth-order valence-electron chi connectivity index (χ4n) is 5.06. The molecule has 3 rings (SSSR count). The number of aliphatic imine (C=N–C) groups is 1. The average molecular weight is 487 g/mol. The number of fused-ring (bicyclic) bond motifs is 1. The van der Waals surface area contributed by atoms with Gasteiger partial charge in [0.1, 0.15) is 12.4 Å². The summed E-state index contributed by atoms with van der Waals surface area (Å²) in [7, 11) is 1.99. The van der Waals surface area contributed by atoms with Gasteiger partial charge in [0.15, 0.2) is 0 Å². The predicted molar refractivity (Wildman–Crippen MR) is 140 cm³/mol. The number of nitrogens with zero attached hydrogens (tertiary/aromatic N) is 5. The second-order valence-electron chi connectivity index (χ2n) is 10.0. The number of likely N-dealkylation sites (N-methyl/N-ethyl adjacent to an activating group) is 1. The molecule has 0 bridgehead atoms. The van der Waals surface area contributed by atoms with Gasteiger partial charge in [-0.3, -0.25) is 15.0 Å². The number of aliphatic hydroxyl groups is 1. The highest BCUT2D eigenvalue weighted by atomic mass is 19.1. The Kier molecular flexibility index (Phi) is 9.69. The molecule has 4 unspecified atom stereocenters. The third-order valence-corrected chi connectivity index (χ3v) is 7.41. The van der Waals surface area contributed by atoms with Gasteiger partial charge in [-0.2, -0.15) is 5.10 Å². The Hall–Kier alpha value is -2.45. The molecule has 1 saturated heterocycles. The average Bonchev–Trinajstić information content (AvgIpc) is 3.51. The molecule has 0 aliphatic carbocycles. The molecule has 194 valence electrons. The largest absolute Gasteiger partial charge is 0.371 e. The normalized spacial score (nSPS) is 23.1. The van der Waals surface area contributed by atoms with Gasteiger partial charge in [-0.25, -0.2) is 4.39 Å². The molecule has 2 N–H and O–H groups in total. The molecule has 0 saturated carbocycles. The van der Waals surface area contributed by atoms with Gasteiger partial charge in [-0.05, 0) is 64.7 Å². The van der Waals surface area contributed by atoms with Crippen LogP contribution in [0.3, 0.4) is 0 Å². The summed E-state index contributed by atoms with van der Waals surface area (Å²) in [6.07, 6.45) is 11.3. The fraction of sp³-hybridized carbons (Fsp3) is 0.630. The first kappa shape index (κ1) is 27.1. The van der Waals surface area contributed by atoms with Crippen molar-refractivity contribution in [3.8, 4) is 0 Å². The molecule has 2 aliphatic rings. The van der Waals surface area contributed by atoms with E-state index in [0.717, 1.165) is 43.4 Å². The van der Waals surface area contributed by atoms with E-state index >= 15 is 0 Å². The Labute approximate surface area is 210 Å².